The zero-order valence-corrected chi connectivity index (χ0v) is 8.08. The first-order valence-electron chi connectivity index (χ1n) is 4.91. The Balaban J connectivity index is 2.00. The van der Waals surface area contributed by atoms with Crippen molar-refractivity contribution in [1.82, 2.24) is 0 Å². The minimum Gasteiger partial charge on any atom is -0.378 e. The van der Waals surface area contributed by atoms with Crippen molar-refractivity contribution in [1.29, 1.82) is 0 Å². The zero-order valence-electron chi connectivity index (χ0n) is 8.08. The molecule has 1 fully saturated rings. The number of hydrogen-bond donors (Lipinski definition) is 1. The molecule has 0 saturated carbocycles. The summed E-state index contributed by atoms with van der Waals surface area (Å²) in [6.07, 6.45) is 5.44. The second kappa shape index (κ2) is 6.13. The van der Waals surface area contributed by atoms with Gasteiger partial charge in [-0.25, -0.2) is 0 Å². The molecule has 0 bridgehead atoms. The van der Waals surface area contributed by atoms with Crippen molar-refractivity contribution >= 4 is 0 Å². The second-order valence-electron chi connectivity index (χ2n) is 3.35. The van der Waals surface area contributed by atoms with Crippen molar-refractivity contribution < 1.29 is 9.47 Å². The van der Waals surface area contributed by atoms with E-state index in [0.717, 1.165) is 25.9 Å². The van der Waals surface area contributed by atoms with Crippen LogP contribution < -0.4 is 5.73 Å². The lowest BCUT2D eigenvalue weighted by molar-refractivity contribution is -0.0109. The fourth-order valence-corrected chi connectivity index (χ4v) is 1.46. The van der Waals surface area contributed by atoms with Gasteiger partial charge in [0, 0.05) is 6.54 Å². The molecule has 0 aliphatic carbocycles. The van der Waals surface area contributed by atoms with E-state index in [9.17, 15) is 0 Å². The molecule has 1 saturated heterocycles. The van der Waals surface area contributed by atoms with Crippen LogP contribution in [0.4, 0.5) is 0 Å². The zero-order chi connectivity index (χ0) is 9.52. The molecule has 0 aromatic rings. The first-order chi connectivity index (χ1) is 6.36. The van der Waals surface area contributed by atoms with Gasteiger partial charge in [0.2, 0.25) is 0 Å². The molecule has 2 unspecified atom stereocenters. The predicted molar refractivity (Wildman–Crippen MR) is 52.6 cm³/mol. The summed E-state index contributed by atoms with van der Waals surface area (Å²) in [5.41, 5.74) is 5.49. The van der Waals surface area contributed by atoms with E-state index in [1.165, 1.54) is 0 Å². The van der Waals surface area contributed by atoms with Gasteiger partial charge in [-0.2, -0.15) is 0 Å². The number of ether oxygens (including phenoxy) is 2. The Morgan fingerprint density at radius 1 is 1.46 bits per heavy atom. The van der Waals surface area contributed by atoms with Gasteiger partial charge in [-0.1, -0.05) is 6.08 Å². The monoisotopic (exact) mass is 185 g/mol. The summed E-state index contributed by atoms with van der Waals surface area (Å²) in [6.45, 7) is 5.70. The topological polar surface area (TPSA) is 44.5 Å². The van der Waals surface area contributed by atoms with E-state index in [0.29, 0.717) is 13.2 Å². The standard InChI is InChI=1S/C10H19NO2/c1-2-3-6-12-8-10-5-4-9(7-11)13-10/h2,9-10H,1,3-8,11H2. The molecular weight excluding hydrogens is 166 g/mol. The van der Waals surface area contributed by atoms with Gasteiger partial charge < -0.3 is 15.2 Å². The number of nitrogens with two attached hydrogens (primary N) is 1. The van der Waals surface area contributed by atoms with Crippen LogP contribution in [0.25, 0.3) is 0 Å². The molecule has 0 spiro atoms. The maximum atomic E-state index is 5.61. The molecule has 0 aromatic carbocycles. The van der Waals surface area contributed by atoms with Crippen LogP contribution in [-0.4, -0.2) is 32.0 Å². The SMILES string of the molecule is C=CCCOCC1CCC(CN)O1. The van der Waals surface area contributed by atoms with Crippen LogP contribution in [0.1, 0.15) is 19.3 Å². The van der Waals surface area contributed by atoms with Gasteiger partial charge in [-0.05, 0) is 19.3 Å². The third kappa shape index (κ3) is 3.89. The Bertz CT molecular complexity index is 150. The van der Waals surface area contributed by atoms with Gasteiger partial charge in [0.15, 0.2) is 0 Å². The Kier molecular flexibility index (Phi) is 5.05. The van der Waals surface area contributed by atoms with Gasteiger partial charge in [0.25, 0.3) is 0 Å². The van der Waals surface area contributed by atoms with Gasteiger partial charge in [-0.3, -0.25) is 0 Å². The first kappa shape index (κ1) is 10.7. The fraction of sp³-hybridized carbons (Fsp3) is 0.800. The number of hydrogen-bond acceptors (Lipinski definition) is 3. The summed E-state index contributed by atoms with van der Waals surface area (Å²) in [5.74, 6) is 0. The lowest BCUT2D eigenvalue weighted by Gasteiger charge is -2.12. The third-order valence-electron chi connectivity index (χ3n) is 2.23. The molecule has 0 amide bonds. The summed E-state index contributed by atoms with van der Waals surface area (Å²) in [5, 5.41) is 0. The predicted octanol–water partition coefficient (Wildman–Crippen LogP) is 1.09. The van der Waals surface area contributed by atoms with E-state index in [-0.39, 0.29) is 12.2 Å². The third-order valence-corrected chi connectivity index (χ3v) is 2.23. The van der Waals surface area contributed by atoms with E-state index in [1.807, 2.05) is 6.08 Å². The van der Waals surface area contributed by atoms with Crippen LogP contribution in [0.5, 0.6) is 0 Å². The Morgan fingerprint density at radius 2 is 2.23 bits per heavy atom. The van der Waals surface area contributed by atoms with Gasteiger partial charge in [0.05, 0.1) is 25.4 Å². The highest BCUT2D eigenvalue weighted by Gasteiger charge is 2.23. The van der Waals surface area contributed by atoms with E-state index in [4.69, 9.17) is 15.2 Å². The maximum Gasteiger partial charge on any atom is 0.0813 e. The largest absolute Gasteiger partial charge is 0.378 e. The average molecular weight is 185 g/mol. The summed E-state index contributed by atoms with van der Waals surface area (Å²) >= 11 is 0. The second-order valence-corrected chi connectivity index (χ2v) is 3.35. The van der Waals surface area contributed by atoms with E-state index >= 15 is 0 Å². The molecular formula is C10H19NO2. The molecule has 1 heterocycles. The van der Waals surface area contributed by atoms with Crippen LogP contribution in [-0.2, 0) is 9.47 Å². The molecule has 2 atom stereocenters. The summed E-state index contributed by atoms with van der Waals surface area (Å²) < 4.78 is 11.0. The van der Waals surface area contributed by atoms with Crippen molar-refractivity contribution in [3.63, 3.8) is 0 Å². The molecule has 1 rings (SSSR count). The Morgan fingerprint density at radius 3 is 2.85 bits per heavy atom. The molecule has 0 aromatic heterocycles. The van der Waals surface area contributed by atoms with Crippen molar-refractivity contribution in [2.75, 3.05) is 19.8 Å². The van der Waals surface area contributed by atoms with Gasteiger partial charge >= 0.3 is 0 Å². The normalized spacial score (nSPS) is 27.8. The lowest BCUT2D eigenvalue weighted by Crippen LogP contribution is -2.22. The van der Waals surface area contributed by atoms with Crippen molar-refractivity contribution in [2.24, 2.45) is 5.73 Å². The van der Waals surface area contributed by atoms with E-state index in [2.05, 4.69) is 6.58 Å². The van der Waals surface area contributed by atoms with Crippen LogP contribution >= 0.6 is 0 Å². The van der Waals surface area contributed by atoms with Crippen molar-refractivity contribution in [2.45, 2.75) is 31.5 Å². The summed E-state index contributed by atoms with van der Waals surface area (Å²) in [4.78, 5) is 0. The Labute approximate surface area is 79.9 Å². The first-order valence-corrected chi connectivity index (χ1v) is 4.91. The van der Waals surface area contributed by atoms with Crippen LogP contribution in [0.15, 0.2) is 12.7 Å². The Hall–Kier alpha value is -0.380. The molecule has 2 N–H and O–H groups in total. The molecule has 3 nitrogen and oxygen atoms in total. The van der Waals surface area contributed by atoms with Gasteiger partial charge in [0.1, 0.15) is 0 Å². The average Bonchev–Trinajstić information content (AvgIpc) is 2.60. The summed E-state index contributed by atoms with van der Waals surface area (Å²) in [7, 11) is 0. The maximum absolute atomic E-state index is 5.61. The van der Waals surface area contributed by atoms with Gasteiger partial charge in [-0.15, -0.1) is 6.58 Å². The van der Waals surface area contributed by atoms with Crippen molar-refractivity contribution in [3.05, 3.63) is 12.7 Å². The molecule has 0 radical (unpaired) electrons. The van der Waals surface area contributed by atoms with Crippen LogP contribution in [0, 0.1) is 0 Å². The minimum absolute atomic E-state index is 0.257. The smallest absolute Gasteiger partial charge is 0.0813 e. The quantitative estimate of drug-likeness (QED) is 0.497. The lowest BCUT2D eigenvalue weighted by atomic mass is 10.2. The van der Waals surface area contributed by atoms with Crippen molar-refractivity contribution in [3.8, 4) is 0 Å². The van der Waals surface area contributed by atoms with E-state index in [1.54, 1.807) is 0 Å². The molecule has 1 aliphatic heterocycles. The highest BCUT2D eigenvalue weighted by Crippen LogP contribution is 2.18. The fourth-order valence-electron chi connectivity index (χ4n) is 1.46. The van der Waals surface area contributed by atoms with Crippen LogP contribution in [0.2, 0.25) is 0 Å². The number of rotatable bonds is 6. The summed E-state index contributed by atoms with van der Waals surface area (Å²) in [6, 6.07) is 0. The minimum atomic E-state index is 0.257. The van der Waals surface area contributed by atoms with E-state index < -0.39 is 0 Å². The molecule has 1 aliphatic rings. The highest BCUT2D eigenvalue weighted by atomic mass is 16.5. The molecule has 76 valence electrons. The highest BCUT2D eigenvalue weighted by molar-refractivity contribution is 4.74. The molecule has 3 heteroatoms. The van der Waals surface area contributed by atoms with Crippen LogP contribution in [0.3, 0.4) is 0 Å². The molecule has 13 heavy (non-hydrogen) atoms.